The van der Waals surface area contributed by atoms with Gasteiger partial charge in [-0.15, -0.1) is 12.4 Å². The summed E-state index contributed by atoms with van der Waals surface area (Å²) in [4.78, 5) is 13.3. The van der Waals surface area contributed by atoms with Crippen molar-refractivity contribution in [2.45, 2.75) is 17.9 Å². The summed E-state index contributed by atoms with van der Waals surface area (Å²) < 4.78 is 40.0. The van der Waals surface area contributed by atoms with E-state index >= 15 is 0 Å². The monoisotopic (exact) mass is 351 g/mol. The Hall–Kier alpha value is -1.22. The molecule has 1 aliphatic heterocycles. The Balaban J connectivity index is 0.00000242. The van der Waals surface area contributed by atoms with Gasteiger partial charge in [0.05, 0.1) is 6.04 Å². The lowest BCUT2D eigenvalue weighted by Crippen LogP contribution is -2.53. The largest absolute Gasteiger partial charge is 0.339 e. The molecule has 22 heavy (non-hydrogen) atoms. The number of hydrogen-bond donors (Lipinski definition) is 2. The van der Waals surface area contributed by atoms with E-state index < -0.39 is 26.8 Å². The fourth-order valence-electron chi connectivity index (χ4n) is 2.17. The first-order chi connectivity index (χ1) is 9.92. The average molecular weight is 352 g/mol. The Morgan fingerprint density at radius 2 is 1.91 bits per heavy atom. The molecule has 9 heteroatoms. The summed E-state index contributed by atoms with van der Waals surface area (Å²) in [5.74, 6) is -1.15. The highest BCUT2D eigenvalue weighted by atomic mass is 35.5. The molecule has 1 fully saturated rings. The number of carbonyl (C=O) groups excluding carboxylic acids is 1. The van der Waals surface area contributed by atoms with Gasteiger partial charge in [-0.05, 0) is 19.1 Å². The molecule has 1 aromatic carbocycles. The molecule has 0 aromatic heterocycles. The van der Waals surface area contributed by atoms with E-state index in [0.717, 1.165) is 6.07 Å². The molecule has 0 radical (unpaired) electrons. The lowest BCUT2D eigenvalue weighted by atomic mass is 10.2. The van der Waals surface area contributed by atoms with Crippen LogP contribution in [0, 0.1) is 5.82 Å². The molecule has 0 spiro atoms. The molecule has 1 saturated heterocycles. The summed E-state index contributed by atoms with van der Waals surface area (Å²) >= 11 is 0. The zero-order valence-corrected chi connectivity index (χ0v) is 13.7. The third kappa shape index (κ3) is 4.39. The Morgan fingerprint density at radius 1 is 1.32 bits per heavy atom. The highest BCUT2D eigenvalue weighted by Crippen LogP contribution is 2.14. The smallest absolute Gasteiger partial charge is 0.244 e. The van der Waals surface area contributed by atoms with E-state index in [9.17, 15) is 17.6 Å². The van der Waals surface area contributed by atoms with Crippen molar-refractivity contribution >= 4 is 28.3 Å². The van der Waals surface area contributed by atoms with Crippen LogP contribution in [-0.4, -0.2) is 51.4 Å². The van der Waals surface area contributed by atoms with Gasteiger partial charge in [0.2, 0.25) is 15.9 Å². The van der Waals surface area contributed by atoms with Crippen molar-refractivity contribution in [2.75, 3.05) is 26.2 Å². The molecule has 2 rings (SSSR count). The zero-order chi connectivity index (χ0) is 15.5. The van der Waals surface area contributed by atoms with E-state index in [1.807, 2.05) is 0 Å². The number of nitrogens with one attached hydrogen (secondary N) is 2. The molecular weight excluding hydrogens is 333 g/mol. The Kier molecular flexibility index (Phi) is 6.73. The highest BCUT2D eigenvalue weighted by Gasteiger charge is 2.27. The highest BCUT2D eigenvalue weighted by molar-refractivity contribution is 7.89. The number of piperazine rings is 1. The first-order valence-electron chi connectivity index (χ1n) is 6.68. The minimum atomic E-state index is -4.06. The number of hydrogen-bond acceptors (Lipinski definition) is 4. The number of nitrogens with zero attached hydrogens (tertiary/aromatic N) is 1. The first-order valence-corrected chi connectivity index (χ1v) is 8.16. The van der Waals surface area contributed by atoms with E-state index in [4.69, 9.17) is 0 Å². The minimum Gasteiger partial charge on any atom is -0.339 e. The van der Waals surface area contributed by atoms with Gasteiger partial charge in [0.1, 0.15) is 10.7 Å². The molecule has 1 aliphatic rings. The lowest BCUT2D eigenvalue weighted by molar-refractivity contribution is -0.133. The predicted octanol–water partition coefficient (Wildman–Crippen LogP) is 0.346. The van der Waals surface area contributed by atoms with Gasteiger partial charge in [0.25, 0.3) is 0 Å². The maximum absolute atomic E-state index is 13.6. The van der Waals surface area contributed by atoms with E-state index in [1.54, 1.807) is 4.90 Å². The van der Waals surface area contributed by atoms with E-state index in [-0.39, 0.29) is 18.3 Å². The summed E-state index contributed by atoms with van der Waals surface area (Å²) in [5.41, 5.74) is 0. The summed E-state index contributed by atoms with van der Waals surface area (Å²) in [6.07, 6.45) is 0. The van der Waals surface area contributed by atoms with Gasteiger partial charge in [-0.2, -0.15) is 4.72 Å². The SMILES string of the molecule is CC(NS(=O)(=O)c1ccccc1F)C(=O)N1CCNCC1.Cl. The number of sulfonamides is 1. The molecule has 2 N–H and O–H groups in total. The second-order valence-corrected chi connectivity index (χ2v) is 6.53. The maximum Gasteiger partial charge on any atom is 0.244 e. The van der Waals surface area contributed by atoms with Crippen LogP contribution < -0.4 is 10.0 Å². The minimum absolute atomic E-state index is 0. The van der Waals surface area contributed by atoms with Crippen LogP contribution in [0.2, 0.25) is 0 Å². The van der Waals surface area contributed by atoms with Gasteiger partial charge in [-0.25, -0.2) is 12.8 Å². The van der Waals surface area contributed by atoms with Crippen LogP contribution in [0.25, 0.3) is 0 Å². The molecule has 1 heterocycles. The summed E-state index contributed by atoms with van der Waals surface area (Å²) in [6.45, 7) is 3.88. The Morgan fingerprint density at radius 3 is 2.50 bits per heavy atom. The normalized spacial score (nSPS) is 16.7. The van der Waals surface area contributed by atoms with Crippen molar-refractivity contribution < 1.29 is 17.6 Å². The standard InChI is InChI=1S/C13H18FN3O3S.ClH/c1-10(13(18)17-8-6-15-7-9-17)16-21(19,20)12-5-3-2-4-11(12)14;/h2-5,10,15-16H,6-9H2,1H3;1H. The second kappa shape index (κ2) is 7.87. The van der Waals surface area contributed by atoms with Crippen LogP contribution in [-0.2, 0) is 14.8 Å². The average Bonchev–Trinajstić information content (AvgIpc) is 2.47. The molecule has 1 atom stereocenters. The van der Waals surface area contributed by atoms with E-state index in [0.29, 0.717) is 26.2 Å². The van der Waals surface area contributed by atoms with Crippen LogP contribution in [0.4, 0.5) is 4.39 Å². The summed E-state index contributed by atoms with van der Waals surface area (Å²) in [5, 5.41) is 3.11. The number of benzene rings is 1. The van der Waals surface area contributed by atoms with Crippen molar-refractivity contribution in [3.8, 4) is 0 Å². The van der Waals surface area contributed by atoms with Crippen molar-refractivity contribution in [1.29, 1.82) is 0 Å². The second-order valence-electron chi connectivity index (χ2n) is 4.85. The molecule has 0 saturated carbocycles. The maximum atomic E-state index is 13.6. The molecule has 1 amide bonds. The molecular formula is C13H19ClFN3O3S. The van der Waals surface area contributed by atoms with E-state index in [2.05, 4.69) is 10.0 Å². The fraction of sp³-hybridized carbons (Fsp3) is 0.462. The van der Waals surface area contributed by atoms with Crippen molar-refractivity contribution in [3.05, 3.63) is 30.1 Å². The molecule has 0 bridgehead atoms. The molecule has 1 aromatic rings. The number of amides is 1. The summed E-state index contributed by atoms with van der Waals surface area (Å²) in [6, 6.07) is 4.13. The van der Waals surface area contributed by atoms with Crippen LogP contribution in [0.15, 0.2) is 29.2 Å². The van der Waals surface area contributed by atoms with E-state index in [1.165, 1.54) is 25.1 Å². The Labute approximate surface area is 135 Å². The molecule has 0 aliphatic carbocycles. The van der Waals surface area contributed by atoms with Crippen LogP contribution in [0.1, 0.15) is 6.92 Å². The molecule has 6 nitrogen and oxygen atoms in total. The van der Waals surface area contributed by atoms with Gasteiger partial charge in [-0.3, -0.25) is 4.79 Å². The van der Waals surface area contributed by atoms with Gasteiger partial charge in [0, 0.05) is 26.2 Å². The quantitative estimate of drug-likeness (QED) is 0.820. The number of carbonyl (C=O) groups is 1. The van der Waals surface area contributed by atoms with Gasteiger partial charge in [0.15, 0.2) is 0 Å². The predicted molar refractivity (Wildman–Crippen MR) is 82.9 cm³/mol. The third-order valence-electron chi connectivity index (χ3n) is 3.26. The van der Waals surface area contributed by atoms with Gasteiger partial charge in [-0.1, -0.05) is 12.1 Å². The third-order valence-corrected chi connectivity index (χ3v) is 4.83. The lowest BCUT2D eigenvalue weighted by Gasteiger charge is -2.29. The van der Waals surface area contributed by atoms with Crippen LogP contribution in [0.3, 0.4) is 0 Å². The Bertz CT molecular complexity index is 621. The number of rotatable bonds is 4. The fourth-order valence-corrected chi connectivity index (χ4v) is 3.44. The molecule has 1 unspecified atom stereocenters. The van der Waals surface area contributed by atoms with Crippen molar-refractivity contribution in [1.82, 2.24) is 14.9 Å². The van der Waals surface area contributed by atoms with Crippen LogP contribution in [0.5, 0.6) is 0 Å². The zero-order valence-electron chi connectivity index (χ0n) is 12.1. The molecule has 124 valence electrons. The topological polar surface area (TPSA) is 78.5 Å². The first kappa shape index (κ1) is 18.8. The summed E-state index contributed by atoms with van der Waals surface area (Å²) in [7, 11) is -4.06. The van der Waals surface area contributed by atoms with Crippen molar-refractivity contribution in [2.24, 2.45) is 0 Å². The van der Waals surface area contributed by atoms with Crippen molar-refractivity contribution in [3.63, 3.8) is 0 Å². The van der Waals surface area contributed by atoms with Gasteiger partial charge < -0.3 is 10.2 Å². The van der Waals surface area contributed by atoms with Gasteiger partial charge >= 0.3 is 0 Å². The van der Waals surface area contributed by atoms with Crippen LogP contribution >= 0.6 is 12.4 Å². The number of halogens is 2.